The number of hydrazone groups is 1. The number of hydrogen-bond acceptors (Lipinski definition) is 5. The molecule has 34 heavy (non-hydrogen) atoms. The standard InChI is InChI=1S/C25H24N6O2S/c1-33-21-9-10-23-22(14-21)18(15-28-23)11-13-27-24(32)17-5-7-19(8-6-17)30-25(34)31-29-16-20-4-2-3-12-26-20/h2-10,12,14-16,28H,11,13H2,1H3,(H,27,32)(H2,30,31,34)/b29-16+. The largest absolute Gasteiger partial charge is 0.497 e. The van der Waals surface area contributed by atoms with E-state index < -0.39 is 0 Å². The van der Waals surface area contributed by atoms with Gasteiger partial charge in [-0.3, -0.25) is 15.2 Å². The summed E-state index contributed by atoms with van der Waals surface area (Å²) in [5.74, 6) is 0.672. The van der Waals surface area contributed by atoms with Gasteiger partial charge in [0.05, 0.1) is 19.0 Å². The SMILES string of the molecule is COc1ccc2[nH]cc(CCNC(=O)c3ccc(NC(=S)N/N=C/c4ccccn4)cc3)c2c1. The van der Waals surface area contributed by atoms with Gasteiger partial charge in [0.2, 0.25) is 0 Å². The molecule has 0 aliphatic rings. The highest BCUT2D eigenvalue weighted by molar-refractivity contribution is 7.80. The van der Waals surface area contributed by atoms with E-state index in [4.69, 9.17) is 17.0 Å². The van der Waals surface area contributed by atoms with E-state index in [0.29, 0.717) is 23.6 Å². The van der Waals surface area contributed by atoms with Gasteiger partial charge in [-0.2, -0.15) is 5.10 Å². The Balaban J connectivity index is 1.25. The molecule has 4 aromatic rings. The van der Waals surface area contributed by atoms with Gasteiger partial charge in [0, 0.05) is 41.1 Å². The van der Waals surface area contributed by atoms with E-state index in [1.807, 2.05) is 42.6 Å². The number of anilines is 1. The van der Waals surface area contributed by atoms with E-state index in [1.165, 1.54) is 0 Å². The molecule has 8 nitrogen and oxygen atoms in total. The highest BCUT2D eigenvalue weighted by atomic mass is 32.1. The number of carbonyl (C=O) groups is 1. The Morgan fingerprint density at radius 2 is 2.03 bits per heavy atom. The molecule has 0 saturated heterocycles. The molecule has 0 fully saturated rings. The summed E-state index contributed by atoms with van der Waals surface area (Å²) in [5.41, 5.74) is 6.94. The van der Waals surface area contributed by atoms with Crippen LogP contribution < -0.4 is 20.8 Å². The Kier molecular flexibility index (Phi) is 7.46. The van der Waals surface area contributed by atoms with Crippen LogP contribution in [-0.2, 0) is 6.42 Å². The molecule has 0 aliphatic carbocycles. The third-order valence-corrected chi connectivity index (χ3v) is 5.30. The number of aromatic amines is 1. The molecule has 0 atom stereocenters. The average Bonchev–Trinajstić information content (AvgIpc) is 3.27. The zero-order valence-electron chi connectivity index (χ0n) is 18.5. The Hall–Kier alpha value is -4.24. The third kappa shape index (κ3) is 5.96. The van der Waals surface area contributed by atoms with Crippen molar-refractivity contribution in [3.63, 3.8) is 0 Å². The maximum Gasteiger partial charge on any atom is 0.251 e. The van der Waals surface area contributed by atoms with Gasteiger partial charge in [-0.05, 0) is 78.8 Å². The van der Waals surface area contributed by atoms with Gasteiger partial charge in [0.15, 0.2) is 5.11 Å². The fourth-order valence-corrected chi connectivity index (χ4v) is 3.55. The molecule has 0 unspecified atom stereocenters. The van der Waals surface area contributed by atoms with Crippen LogP contribution in [0.15, 0.2) is 78.2 Å². The van der Waals surface area contributed by atoms with Crippen molar-refractivity contribution in [2.75, 3.05) is 19.0 Å². The lowest BCUT2D eigenvalue weighted by Gasteiger charge is -2.09. The summed E-state index contributed by atoms with van der Waals surface area (Å²) in [7, 11) is 1.65. The zero-order valence-corrected chi connectivity index (χ0v) is 19.4. The maximum absolute atomic E-state index is 12.5. The molecule has 0 bridgehead atoms. The summed E-state index contributed by atoms with van der Waals surface area (Å²) in [4.78, 5) is 19.9. The van der Waals surface area contributed by atoms with Gasteiger partial charge in [-0.1, -0.05) is 6.07 Å². The minimum absolute atomic E-state index is 0.135. The van der Waals surface area contributed by atoms with Crippen LogP contribution in [0.1, 0.15) is 21.6 Å². The minimum Gasteiger partial charge on any atom is -0.497 e. The lowest BCUT2D eigenvalue weighted by Crippen LogP contribution is -2.26. The van der Waals surface area contributed by atoms with Gasteiger partial charge in [-0.25, -0.2) is 0 Å². The molecule has 0 aliphatic heterocycles. The van der Waals surface area contributed by atoms with Gasteiger partial charge < -0.3 is 20.4 Å². The first-order chi connectivity index (χ1) is 16.6. The van der Waals surface area contributed by atoms with Crippen molar-refractivity contribution in [3.8, 4) is 5.75 Å². The van der Waals surface area contributed by atoms with Crippen LogP contribution in [0.25, 0.3) is 10.9 Å². The van der Waals surface area contributed by atoms with Crippen LogP contribution in [-0.4, -0.2) is 40.9 Å². The molecule has 4 N–H and O–H groups in total. The molecular weight excluding hydrogens is 448 g/mol. The zero-order chi connectivity index (χ0) is 23.8. The molecule has 2 aromatic heterocycles. The van der Waals surface area contributed by atoms with Crippen LogP contribution in [0.3, 0.4) is 0 Å². The quantitative estimate of drug-likeness (QED) is 0.176. The topological polar surface area (TPSA) is 103 Å². The van der Waals surface area contributed by atoms with Crippen LogP contribution in [0, 0.1) is 0 Å². The van der Waals surface area contributed by atoms with Crippen LogP contribution in [0.4, 0.5) is 5.69 Å². The number of pyridine rings is 1. The molecule has 1 amide bonds. The third-order valence-electron chi connectivity index (χ3n) is 5.11. The normalized spacial score (nSPS) is 10.9. The first-order valence-electron chi connectivity index (χ1n) is 10.7. The number of thiocarbonyl (C=S) groups is 1. The second-order valence-electron chi connectivity index (χ2n) is 7.39. The number of hydrogen-bond donors (Lipinski definition) is 4. The summed E-state index contributed by atoms with van der Waals surface area (Å²) in [6.45, 7) is 0.519. The van der Waals surface area contributed by atoms with Crippen molar-refractivity contribution in [1.82, 2.24) is 20.7 Å². The lowest BCUT2D eigenvalue weighted by molar-refractivity contribution is 0.0954. The van der Waals surface area contributed by atoms with E-state index in [1.54, 1.807) is 43.8 Å². The maximum atomic E-state index is 12.5. The predicted octanol–water partition coefficient (Wildman–Crippen LogP) is 3.86. The summed E-state index contributed by atoms with van der Waals surface area (Å²) in [5, 5.41) is 11.5. The smallest absolute Gasteiger partial charge is 0.251 e. The summed E-state index contributed by atoms with van der Waals surface area (Å²) < 4.78 is 5.31. The average molecular weight is 473 g/mol. The summed E-state index contributed by atoms with van der Waals surface area (Å²) >= 11 is 5.24. The number of ether oxygens (including phenoxy) is 1. The summed E-state index contributed by atoms with van der Waals surface area (Å²) in [6.07, 6.45) is 5.94. The molecule has 0 spiro atoms. The van der Waals surface area contributed by atoms with E-state index in [-0.39, 0.29) is 5.91 Å². The highest BCUT2D eigenvalue weighted by Gasteiger charge is 2.08. The van der Waals surface area contributed by atoms with Crippen molar-refractivity contribution in [3.05, 3.63) is 89.9 Å². The van der Waals surface area contributed by atoms with Gasteiger partial charge in [0.1, 0.15) is 5.75 Å². The number of carbonyl (C=O) groups excluding carboxylic acids is 1. The first kappa shape index (κ1) is 22.9. The van der Waals surface area contributed by atoms with Crippen molar-refractivity contribution in [2.24, 2.45) is 5.10 Å². The first-order valence-corrected chi connectivity index (χ1v) is 11.1. The number of aromatic nitrogens is 2. The Labute approximate surface area is 202 Å². The highest BCUT2D eigenvalue weighted by Crippen LogP contribution is 2.23. The molecule has 4 rings (SSSR count). The molecule has 9 heteroatoms. The number of benzene rings is 2. The number of amides is 1. The van der Waals surface area contributed by atoms with E-state index >= 15 is 0 Å². The van der Waals surface area contributed by atoms with Crippen LogP contribution >= 0.6 is 12.2 Å². The van der Waals surface area contributed by atoms with Crippen LogP contribution in [0.2, 0.25) is 0 Å². The van der Waals surface area contributed by atoms with Crippen molar-refractivity contribution < 1.29 is 9.53 Å². The number of nitrogens with one attached hydrogen (secondary N) is 4. The molecule has 2 heterocycles. The number of nitrogens with zero attached hydrogens (tertiary/aromatic N) is 2. The Morgan fingerprint density at radius 1 is 1.18 bits per heavy atom. The lowest BCUT2D eigenvalue weighted by atomic mass is 10.1. The molecular formula is C25H24N6O2S. The number of H-pyrrole nitrogens is 1. The molecule has 2 aromatic carbocycles. The fourth-order valence-electron chi connectivity index (χ4n) is 3.38. The van der Waals surface area contributed by atoms with E-state index in [9.17, 15) is 4.79 Å². The van der Waals surface area contributed by atoms with E-state index in [0.717, 1.165) is 33.6 Å². The predicted molar refractivity (Wildman–Crippen MR) is 139 cm³/mol. The van der Waals surface area contributed by atoms with Crippen molar-refractivity contribution >= 4 is 46.0 Å². The van der Waals surface area contributed by atoms with Crippen molar-refractivity contribution in [1.29, 1.82) is 0 Å². The Morgan fingerprint density at radius 3 is 2.79 bits per heavy atom. The van der Waals surface area contributed by atoms with Gasteiger partial charge >= 0.3 is 0 Å². The van der Waals surface area contributed by atoms with E-state index in [2.05, 4.69) is 31.1 Å². The second kappa shape index (κ2) is 11.1. The molecule has 0 saturated carbocycles. The van der Waals surface area contributed by atoms with Gasteiger partial charge in [-0.15, -0.1) is 0 Å². The van der Waals surface area contributed by atoms with Crippen molar-refractivity contribution in [2.45, 2.75) is 6.42 Å². The number of fused-ring (bicyclic) bond motifs is 1. The minimum atomic E-state index is -0.135. The number of methoxy groups -OCH3 is 1. The molecule has 0 radical (unpaired) electrons. The Bertz CT molecular complexity index is 1300. The summed E-state index contributed by atoms with van der Waals surface area (Å²) in [6, 6.07) is 18.5. The molecule has 172 valence electrons. The van der Waals surface area contributed by atoms with Gasteiger partial charge in [0.25, 0.3) is 5.91 Å². The second-order valence-corrected chi connectivity index (χ2v) is 7.80. The van der Waals surface area contributed by atoms with Crippen LogP contribution in [0.5, 0.6) is 5.75 Å². The number of rotatable bonds is 8. The fraction of sp³-hybridized carbons (Fsp3) is 0.120. The monoisotopic (exact) mass is 472 g/mol.